The summed E-state index contributed by atoms with van der Waals surface area (Å²) in [6.45, 7) is 2.54. The van der Waals surface area contributed by atoms with E-state index in [9.17, 15) is 0 Å². The van der Waals surface area contributed by atoms with E-state index >= 15 is 0 Å². The zero-order chi connectivity index (χ0) is 36.2. The van der Waals surface area contributed by atoms with Gasteiger partial charge in [-0.3, -0.25) is 0 Å². The van der Waals surface area contributed by atoms with Crippen LogP contribution in [0.2, 0.25) is 18.1 Å². The van der Waals surface area contributed by atoms with Gasteiger partial charge in [-0.1, -0.05) is 156 Å². The van der Waals surface area contributed by atoms with E-state index in [0.29, 0.717) is 5.41 Å². The molecule has 0 fully saturated rings. The smallest absolute Gasteiger partial charge is 0.371 e. The molecular weight excluding hydrogens is 673 g/mol. The summed E-state index contributed by atoms with van der Waals surface area (Å²) < 4.78 is 36.6. The maximum Gasteiger partial charge on any atom is 0.371 e. The third-order valence-electron chi connectivity index (χ3n) is 11.0. The van der Waals surface area contributed by atoms with E-state index in [2.05, 4.69) is 97.9 Å². The van der Waals surface area contributed by atoms with Crippen molar-refractivity contribution in [3.05, 3.63) is 91.0 Å². The van der Waals surface area contributed by atoms with Crippen LogP contribution in [-0.4, -0.2) is 68.3 Å². The fourth-order valence-corrected chi connectivity index (χ4v) is 16.0. The zero-order valence-corrected chi connectivity index (χ0v) is 35.2. The van der Waals surface area contributed by atoms with E-state index in [1.54, 1.807) is 0 Å². The summed E-state index contributed by atoms with van der Waals surface area (Å²) in [6.07, 6.45) is 14.4. The fraction of sp³-hybridized carbons (Fsp3) is 0.561. The minimum Gasteiger partial charge on any atom is -0.394 e. The Morgan fingerprint density at radius 2 is 0.600 bits per heavy atom. The molecule has 0 aliphatic carbocycles. The molecule has 0 spiro atoms. The molecule has 0 aliphatic rings. The normalized spacial score (nSPS) is 12.8. The summed E-state index contributed by atoms with van der Waals surface area (Å²) in [4.78, 5) is 0. The molecule has 9 heteroatoms. The summed E-state index contributed by atoms with van der Waals surface area (Å²) in [6, 6.07) is 34.6. The molecule has 0 aliphatic heterocycles. The van der Waals surface area contributed by atoms with Crippen LogP contribution in [0.3, 0.4) is 0 Å². The van der Waals surface area contributed by atoms with Crippen LogP contribution >= 0.6 is 0 Å². The van der Waals surface area contributed by atoms with Gasteiger partial charge in [-0.25, -0.2) is 0 Å². The van der Waals surface area contributed by atoms with Crippen molar-refractivity contribution in [3.63, 3.8) is 0 Å². The van der Waals surface area contributed by atoms with Crippen molar-refractivity contribution in [3.8, 4) is 0 Å². The van der Waals surface area contributed by atoms with Gasteiger partial charge in [0.25, 0.3) is 0 Å². The lowest BCUT2D eigenvalue weighted by molar-refractivity contribution is 0.221. The van der Waals surface area contributed by atoms with Gasteiger partial charge >= 0.3 is 25.7 Å². The van der Waals surface area contributed by atoms with Gasteiger partial charge in [-0.05, 0) is 58.4 Å². The molecule has 3 aromatic carbocycles. The summed E-state index contributed by atoms with van der Waals surface area (Å²) in [5.41, 5.74) is 0.323. The first kappa shape index (κ1) is 42.5. The van der Waals surface area contributed by atoms with Crippen LogP contribution in [0.5, 0.6) is 0 Å². The second-order valence-corrected chi connectivity index (χ2v) is 24.3. The third-order valence-corrected chi connectivity index (χ3v) is 21.6. The Balaban J connectivity index is 1.56. The lowest BCUT2D eigenvalue weighted by Crippen LogP contribution is -2.52. The number of unbranched alkanes of at least 4 members (excludes halogenated alkanes) is 6. The van der Waals surface area contributed by atoms with Crippen molar-refractivity contribution in [2.24, 2.45) is 5.41 Å². The highest BCUT2D eigenvalue weighted by molar-refractivity contribution is 6.82. The highest BCUT2D eigenvalue weighted by Crippen LogP contribution is 2.37. The van der Waals surface area contributed by atoms with Gasteiger partial charge in [0.15, 0.2) is 0 Å². The van der Waals surface area contributed by atoms with E-state index in [4.69, 9.17) is 26.6 Å². The molecule has 50 heavy (non-hydrogen) atoms. The molecule has 0 saturated heterocycles. The standard InChI is InChI=1S/C41H66O6Si3/c1-41(32-20-11-23-35-48(42-2,43-3)38-26-14-8-15-27-38,33-21-12-24-36-49(44-4,45-5)39-28-16-9-17-29-39)34-22-13-25-37-50(46-6,47-7)40-30-18-10-19-31-40/h8-10,14-19,26-31H,11-13,20-25,32-37H2,1-7H3. The molecule has 0 unspecified atom stereocenters. The molecule has 0 radical (unpaired) electrons. The molecule has 6 nitrogen and oxygen atoms in total. The summed E-state index contributed by atoms with van der Waals surface area (Å²) in [5.74, 6) is 0. The van der Waals surface area contributed by atoms with Crippen molar-refractivity contribution in [1.29, 1.82) is 0 Å². The molecule has 0 bridgehead atoms. The van der Waals surface area contributed by atoms with E-state index in [1.165, 1.54) is 73.3 Å². The molecule has 3 rings (SSSR count). The first-order chi connectivity index (χ1) is 24.3. The number of hydrogen-bond donors (Lipinski definition) is 0. The highest BCUT2D eigenvalue weighted by Gasteiger charge is 2.39. The van der Waals surface area contributed by atoms with Crippen LogP contribution in [-0.2, 0) is 26.6 Å². The quantitative estimate of drug-likeness (QED) is 0.0577. The Morgan fingerprint density at radius 3 is 0.820 bits per heavy atom. The van der Waals surface area contributed by atoms with Crippen LogP contribution in [0.15, 0.2) is 91.0 Å². The Kier molecular flexibility index (Phi) is 18.9. The van der Waals surface area contributed by atoms with Crippen LogP contribution in [0, 0.1) is 5.41 Å². The predicted octanol–water partition coefficient (Wildman–Crippen LogP) is 8.60. The van der Waals surface area contributed by atoms with Crippen molar-refractivity contribution >= 4 is 41.2 Å². The Bertz CT molecular complexity index is 1130. The van der Waals surface area contributed by atoms with Crippen molar-refractivity contribution in [2.45, 2.75) is 102 Å². The number of rotatable bonds is 27. The molecule has 0 saturated carbocycles. The zero-order valence-electron chi connectivity index (χ0n) is 32.2. The SMILES string of the molecule is CO[Si](CCCCCC(C)(CCCCC[Si](OC)(OC)c1ccccc1)CCCCC[Si](OC)(OC)c1ccccc1)(OC)c1ccccc1. The average molecular weight is 739 g/mol. The Labute approximate surface area is 308 Å². The van der Waals surface area contributed by atoms with E-state index in [1.807, 2.05) is 42.7 Å². The van der Waals surface area contributed by atoms with Gasteiger partial charge in [0.1, 0.15) is 0 Å². The summed E-state index contributed by atoms with van der Waals surface area (Å²) in [7, 11) is 3.69. The lowest BCUT2D eigenvalue weighted by atomic mass is 9.76. The van der Waals surface area contributed by atoms with Gasteiger partial charge in [-0.15, -0.1) is 0 Å². The monoisotopic (exact) mass is 738 g/mol. The number of hydrogen-bond acceptors (Lipinski definition) is 6. The van der Waals surface area contributed by atoms with E-state index < -0.39 is 25.7 Å². The molecule has 0 heterocycles. The van der Waals surface area contributed by atoms with Crippen LogP contribution in [0.25, 0.3) is 0 Å². The van der Waals surface area contributed by atoms with E-state index in [-0.39, 0.29) is 0 Å². The van der Waals surface area contributed by atoms with Gasteiger partial charge in [0, 0.05) is 42.7 Å². The first-order valence-electron chi connectivity index (χ1n) is 18.8. The van der Waals surface area contributed by atoms with Gasteiger partial charge < -0.3 is 26.6 Å². The van der Waals surface area contributed by atoms with Gasteiger partial charge in [0.05, 0.1) is 0 Å². The Morgan fingerprint density at radius 1 is 0.360 bits per heavy atom. The molecule has 278 valence electrons. The molecule has 3 aromatic rings. The van der Waals surface area contributed by atoms with Crippen molar-refractivity contribution in [2.75, 3.05) is 42.7 Å². The summed E-state index contributed by atoms with van der Waals surface area (Å²) in [5, 5.41) is 3.66. The molecule has 0 atom stereocenters. The van der Waals surface area contributed by atoms with E-state index in [0.717, 1.165) is 37.4 Å². The first-order valence-corrected chi connectivity index (χ1v) is 24.8. The molecule has 0 N–H and O–H groups in total. The topological polar surface area (TPSA) is 55.4 Å². The largest absolute Gasteiger partial charge is 0.394 e. The minimum absolute atomic E-state index is 0.323. The molecule has 0 aromatic heterocycles. The minimum atomic E-state index is -2.40. The predicted molar refractivity (Wildman–Crippen MR) is 215 cm³/mol. The molecule has 0 amide bonds. The average Bonchev–Trinajstić information content (AvgIpc) is 3.18. The Hall–Kier alpha value is -1.93. The van der Waals surface area contributed by atoms with Crippen LogP contribution < -0.4 is 15.6 Å². The third kappa shape index (κ3) is 12.1. The van der Waals surface area contributed by atoms with Crippen molar-refractivity contribution in [1.82, 2.24) is 0 Å². The van der Waals surface area contributed by atoms with Gasteiger partial charge in [-0.2, -0.15) is 0 Å². The fourth-order valence-electron chi connectivity index (χ4n) is 7.71. The van der Waals surface area contributed by atoms with Crippen molar-refractivity contribution < 1.29 is 26.6 Å². The second kappa shape index (κ2) is 22.2. The van der Waals surface area contributed by atoms with Crippen LogP contribution in [0.4, 0.5) is 0 Å². The number of benzene rings is 3. The molecular formula is C41H66O6Si3. The highest BCUT2D eigenvalue weighted by atomic mass is 28.4. The lowest BCUT2D eigenvalue weighted by Gasteiger charge is -2.32. The second-order valence-electron chi connectivity index (χ2n) is 14.1. The summed E-state index contributed by atoms with van der Waals surface area (Å²) >= 11 is 0. The van der Waals surface area contributed by atoms with Crippen LogP contribution in [0.1, 0.15) is 84.0 Å². The maximum atomic E-state index is 6.10. The van der Waals surface area contributed by atoms with Gasteiger partial charge in [0.2, 0.25) is 0 Å². The maximum absolute atomic E-state index is 6.10.